The van der Waals surface area contributed by atoms with Crippen LogP contribution in [0.1, 0.15) is 97.3 Å². The zero-order chi connectivity index (χ0) is 22.5. The molecule has 5 heteroatoms. The van der Waals surface area contributed by atoms with E-state index in [4.69, 9.17) is 0 Å². The molecule has 0 unspecified atom stereocenters. The van der Waals surface area contributed by atoms with Crippen molar-refractivity contribution in [2.75, 3.05) is 5.75 Å². The van der Waals surface area contributed by atoms with Crippen LogP contribution < -0.4 is 0 Å². The molecule has 0 aliphatic heterocycles. The molecule has 0 aliphatic carbocycles. The maximum Gasteiger partial charge on any atom is 0.188 e. The fourth-order valence-corrected chi connectivity index (χ4v) is 4.49. The SMILES string of the molecule is CCCCCCCS(=O)(=O)/C(C#N)=C\c1cc(C(C)(C)C)c(O)c(C(C)(C)C)c1. The van der Waals surface area contributed by atoms with E-state index in [1.165, 1.54) is 6.08 Å². The first kappa shape index (κ1) is 25.2. The lowest BCUT2D eigenvalue weighted by Crippen LogP contribution is -2.17. The predicted molar refractivity (Wildman–Crippen MR) is 122 cm³/mol. The van der Waals surface area contributed by atoms with Crippen molar-refractivity contribution in [2.24, 2.45) is 0 Å². The highest BCUT2D eigenvalue weighted by atomic mass is 32.2. The molecule has 1 aromatic rings. The fraction of sp³-hybridized carbons (Fsp3) is 0.625. The molecule has 162 valence electrons. The quantitative estimate of drug-likeness (QED) is 0.400. The number of aromatic hydroxyl groups is 1. The number of unbranched alkanes of at least 4 members (excludes halogenated alkanes) is 4. The number of benzene rings is 1. The number of hydrogen-bond acceptors (Lipinski definition) is 4. The van der Waals surface area contributed by atoms with E-state index < -0.39 is 9.84 Å². The Labute approximate surface area is 177 Å². The summed E-state index contributed by atoms with van der Waals surface area (Å²) in [5.41, 5.74) is 1.47. The van der Waals surface area contributed by atoms with Crippen molar-refractivity contribution in [1.82, 2.24) is 0 Å². The van der Waals surface area contributed by atoms with E-state index in [1.807, 2.05) is 47.6 Å². The van der Waals surface area contributed by atoms with Crippen LogP contribution in [0.25, 0.3) is 6.08 Å². The summed E-state index contributed by atoms with van der Waals surface area (Å²) in [6.07, 6.45) is 6.08. The van der Waals surface area contributed by atoms with Crippen LogP contribution in [0.3, 0.4) is 0 Å². The van der Waals surface area contributed by atoms with Crippen LogP contribution in [0.4, 0.5) is 0 Å². The molecule has 1 aromatic carbocycles. The van der Waals surface area contributed by atoms with Crippen LogP contribution in [0.15, 0.2) is 17.0 Å². The lowest BCUT2D eigenvalue weighted by atomic mass is 9.78. The maximum atomic E-state index is 12.7. The van der Waals surface area contributed by atoms with Crippen LogP contribution in [0.2, 0.25) is 0 Å². The summed E-state index contributed by atoms with van der Waals surface area (Å²) < 4.78 is 25.4. The van der Waals surface area contributed by atoms with E-state index in [9.17, 15) is 18.8 Å². The summed E-state index contributed by atoms with van der Waals surface area (Å²) in [5.74, 6) is 0.228. The van der Waals surface area contributed by atoms with Gasteiger partial charge in [-0.05, 0) is 41.0 Å². The number of hydrogen-bond donors (Lipinski definition) is 1. The minimum Gasteiger partial charge on any atom is -0.507 e. The largest absolute Gasteiger partial charge is 0.507 e. The van der Waals surface area contributed by atoms with Crippen molar-refractivity contribution < 1.29 is 13.5 Å². The fourth-order valence-electron chi connectivity index (χ4n) is 3.23. The molecular weight excluding hydrogens is 382 g/mol. The molecular formula is C24H37NO3S. The van der Waals surface area contributed by atoms with Gasteiger partial charge < -0.3 is 5.11 Å². The molecule has 0 atom stereocenters. The van der Waals surface area contributed by atoms with E-state index in [0.717, 1.165) is 36.8 Å². The molecule has 0 aromatic heterocycles. The third kappa shape index (κ3) is 7.19. The first-order valence-corrected chi connectivity index (χ1v) is 12.1. The minimum absolute atomic E-state index is 0.00749. The third-order valence-electron chi connectivity index (χ3n) is 5.01. The maximum absolute atomic E-state index is 12.7. The average molecular weight is 420 g/mol. The smallest absolute Gasteiger partial charge is 0.188 e. The van der Waals surface area contributed by atoms with E-state index in [1.54, 1.807) is 12.1 Å². The molecule has 29 heavy (non-hydrogen) atoms. The van der Waals surface area contributed by atoms with Gasteiger partial charge in [-0.2, -0.15) is 5.26 Å². The van der Waals surface area contributed by atoms with E-state index in [2.05, 4.69) is 6.92 Å². The van der Waals surface area contributed by atoms with Gasteiger partial charge in [-0.25, -0.2) is 8.42 Å². The Balaban J connectivity index is 3.37. The van der Waals surface area contributed by atoms with Crippen molar-refractivity contribution in [1.29, 1.82) is 5.26 Å². The van der Waals surface area contributed by atoms with E-state index in [0.29, 0.717) is 12.0 Å². The summed E-state index contributed by atoms with van der Waals surface area (Å²) in [6, 6.07) is 5.47. The molecule has 0 saturated heterocycles. The van der Waals surface area contributed by atoms with Gasteiger partial charge in [0.2, 0.25) is 0 Å². The summed E-state index contributed by atoms with van der Waals surface area (Å²) in [7, 11) is -3.63. The number of nitrogens with zero attached hydrogens (tertiary/aromatic N) is 1. The highest BCUT2D eigenvalue weighted by molar-refractivity contribution is 7.95. The number of sulfone groups is 1. The van der Waals surface area contributed by atoms with Gasteiger partial charge in [0.15, 0.2) is 9.84 Å². The molecule has 0 amide bonds. The van der Waals surface area contributed by atoms with Gasteiger partial charge in [-0.3, -0.25) is 0 Å². The lowest BCUT2D eigenvalue weighted by molar-refractivity contribution is 0.423. The lowest BCUT2D eigenvalue weighted by Gasteiger charge is -2.28. The summed E-state index contributed by atoms with van der Waals surface area (Å²) in [5, 5.41) is 20.3. The van der Waals surface area contributed by atoms with Crippen LogP contribution in [-0.2, 0) is 20.7 Å². The van der Waals surface area contributed by atoms with Crippen molar-refractivity contribution in [3.05, 3.63) is 33.7 Å². The van der Waals surface area contributed by atoms with Crippen LogP contribution in [0.5, 0.6) is 5.75 Å². The van der Waals surface area contributed by atoms with Gasteiger partial charge in [-0.1, -0.05) is 74.1 Å². The van der Waals surface area contributed by atoms with Crippen LogP contribution in [-0.4, -0.2) is 19.3 Å². The van der Waals surface area contributed by atoms with Crippen molar-refractivity contribution >= 4 is 15.9 Å². The molecule has 0 heterocycles. The second-order valence-corrected chi connectivity index (χ2v) is 11.9. The predicted octanol–water partition coefficient (Wildman–Crippen LogP) is 6.24. The first-order chi connectivity index (χ1) is 13.2. The summed E-state index contributed by atoms with van der Waals surface area (Å²) in [6.45, 7) is 14.1. The van der Waals surface area contributed by atoms with Crippen LogP contribution >= 0.6 is 0 Å². The Hall–Kier alpha value is -1.80. The van der Waals surface area contributed by atoms with Crippen molar-refractivity contribution in [3.63, 3.8) is 0 Å². The average Bonchev–Trinajstić information content (AvgIpc) is 2.58. The molecule has 1 rings (SSSR count). The van der Waals surface area contributed by atoms with E-state index >= 15 is 0 Å². The van der Waals surface area contributed by atoms with Gasteiger partial charge >= 0.3 is 0 Å². The van der Waals surface area contributed by atoms with Crippen molar-refractivity contribution in [2.45, 2.75) is 91.4 Å². The monoisotopic (exact) mass is 419 g/mol. The number of allylic oxidation sites excluding steroid dienone is 1. The Morgan fingerprint density at radius 2 is 1.48 bits per heavy atom. The van der Waals surface area contributed by atoms with Crippen LogP contribution in [0, 0.1) is 11.3 Å². The number of phenols is 1. The first-order valence-electron chi connectivity index (χ1n) is 10.5. The summed E-state index contributed by atoms with van der Waals surface area (Å²) >= 11 is 0. The molecule has 0 fully saturated rings. The van der Waals surface area contributed by atoms with Crippen molar-refractivity contribution in [3.8, 4) is 11.8 Å². The molecule has 1 N–H and O–H groups in total. The van der Waals surface area contributed by atoms with Gasteiger partial charge in [0.25, 0.3) is 0 Å². The Morgan fingerprint density at radius 3 is 1.90 bits per heavy atom. The summed E-state index contributed by atoms with van der Waals surface area (Å²) in [4.78, 5) is -0.210. The zero-order valence-electron chi connectivity index (χ0n) is 19.1. The number of nitriles is 1. The van der Waals surface area contributed by atoms with Gasteiger partial charge in [0, 0.05) is 11.1 Å². The Bertz CT molecular complexity index is 841. The highest BCUT2D eigenvalue weighted by Gasteiger charge is 2.27. The Kier molecular flexibility index (Phi) is 8.53. The number of rotatable bonds is 8. The van der Waals surface area contributed by atoms with Gasteiger partial charge in [0.05, 0.1) is 5.75 Å². The zero-order valence-corrected chi connectivity index (χ0v) is 19.9. The molecule has 0 radical (unpaired) electrons. The van der Waals surface area contributed by atoms with Gasteiger partial charge in [-0.15, -0.1) is 0 Å². The minimum atomic E-state index is -3.63. The topological polar surface area (TPSA) is 78.2 Å². The standard InChI is InChI=1S/C24H37NO3S/c1-8-9-10-11-12-13-29(27,28)19(17-25)14-18-15-20(23(2,3)4)22(26)21(16-18)24(5,6)7/h14-16,26H,8-13H2,1-7H3/b19-14-. The van der Waals surface area contributed by atoms with E-state index in [-0.39, 0.29) is 27.2 Å². The molecule has 0 spiro atoms. The molecule has 0 bridgehead atoms. The molecule has 0 aliphatic rings. The second kappa shape index (κ2) is 9.80. The highest BCUT2D eigenvalue weighted by Crippen LogP contribution is 2.40. The number of phenolic OH excluding ortho intramolecular Hbond substituents is 1. The normalized spacial score (nSPS) is 13.4. The Morgan fingerprint density at radius 1 is 1.00 bits per heavy atom. The molecule has 0 saturated carbocycles. The second-order valence-electron chi connectivity index (χ2n) is 9.82. The molecule has 4 nitrogen and oxygen atoms in total. The van der Waals surface area contributed by atoms with Gasteiger partial charge in [0.1, 0.15) is 16.7 Å². The third-order valence-corrected chi connectivity index (χ3v) is 6.71.